The Morgan fingerprint density at radius 2 is 2.25 bits per heavy atom. The molecule has 0 bridgehead atoms. The van der Waals surface area contributed by atoms with Gasteiger partial charge in [-0.05, 0) is 25.0 Å². The maximum atomic E-state index is 10.6. The van der Waals surface area contributed by atoms with E-state index in [0.29, 0.717) is 12.1 Å². The van der Waals surface area contributed by atoms with E-state index in [-0.39, 0.29) is 5.91 Å². The Bertz CT molecular complexity index is 521. The predicted octanol–water partition coefficient (Wildman–Crippen LogP) is 1.69. The van der Waals surface area contributed by atoms with Crippen LogP contribution < -0.4 is 11.5 Å². The summed E-state index contributed by atoms with van der Waals surface area (Å²) in [4.78, 5) is 15.1. The number of nitrogen functional groups attached to an aromatic ring is 1. The number of thiazole rings is 1. The molecule has 4 nitrogen and oxygen atoms in total. The molecule has 2 rings (SSSR count). The lowest BCUT2D eigenvalue weighted by Crippen LogP contribution is -2.10. The van der Waals surface area contributed by atoms with Gasteiger partial charge < -0.3 is 11.5 Å². The zero-order valence-corrected chi connectivity index (χ0v) is 9.59. The quantitative estimate of drug-likeness (QED) is 0.791. The maximum absolute atomic E-state index is 10.6. The molecule has 0 aliphatic carbocycles. The number of carbonyl (C=O) groups is 1. The summed E-state index contributed by atoms with van der Waals surface area (Å²) in [6.45, 7) is 0. The number of amides is 1. The molecule has 0 radical (unpaired) electrons. The number of benzene rings is 1. The lowest BCUT2D eigenvalue weighted by molar-refractivity contribution is -0.118. The molecule has 0 aliphatic rings. The van der Waals surface area contributed by atoms with Crippen molar-refractivity contribution in [1.82, 2.24) is 4.98 Å². The largest absolute Gasteiger partial charge is 0.397 e. The predicted molar refractivity (Wildman–Crippen MR) is 66.2 cm³/mol. The molecule has 1 heterocycles. The van der Waals surface area contributed by atoms with E-state index in [4.69, 9.17) is 11.5 Å². The fourth-order valence-corrected chi connectivity index (χ4v) is 2.58. The van der Waals surface area contributed by atoms with Gasteiger partial charge in [0.25, 0.3) is 0 Å². The van der Waals surface area contributed by atoms with Crippen molar-refractivity contribution in [2.45, 2.75) is 19.3 Å². The highest BCUT2D eigenvalue weighted by molar-refractivity contribution is 7.18. The van der Waals surface area contributed by atoms with E-state index >= 15 is 0 Å². The average Bonchev–Trinajstić information content (AvgIpc) is 2.61. The molecule has 0 unspecified atom stereocenters. The third-order valence-corrected chi connectivity index (χ3v) is 3.39. The molecule has 0 atom stereocenters. The highest BCUT2D eigenvalue weighted by atomic mass is 32.1. The van der Waals surface area contributed by atoms with Gasteiger partial charge in [-0.3, -0.25) is 4.79 Å². The van der Waals surface area contributed by atoms with Gasteiger partial charge in [0.15, 0.2) is 0 Å². The molecule has 0 aliphatic heterocycles. The Labute approximate surface area is 97.3 Å². The topological polar surface area (TPSA) is 82.0 Å². The number of hydrogen-bond donors (Lipinski definition) is 2. The number of nitrogens with two attached hydrogens (primary N) is 2. The Morgan fingerprint density at radius 3 is 2.94 bits per heavy atom. The fourth-order valence-electron chi connectivity index (χ4n) is 1.54. The molecule has 84 valence electrons. The molecule has 0 saturated carbocycles. The normalized spacial score (nSPS) is 10.8. The van der Waals surface area contributed by atoms with Crippen molar-refractivity contribution < 1.29 is 4.79 Å². The van der Waals surface area contributed by atoms with E-state index in [0.717, 1.165) is 28.1 Å². The molecular weight excluding hydrogens is 222 g/mol. The second-order valence-corrected chi connectivity index (χ2v) is 4.74. The molecule has 5 heteroatoms. The molecule has 1 amide bonds. The Morgan fingerprint density at radius 1 is 1.44 bits per heavy atom. The van der Waals surface area contributed by atoms with Crippen molar-refractivity contribution in [3.05, 3.63) is 23.2 Å². The van der Waals surface area contributed by atoms with Crippen LogP contribution in [0, 0.1) is 0 Å². The lowest BCUT2D eigenvalue weighted by atomic mass is 10.2. The molecule has 2 aromatic rings. The summed E-state index contributed by atoms with van der Waals surface area (Å²) in [7, 11) is 0. The Hall–Kier alpha value is -1.62. The molecule has 16 heavy (non-hydrogen) atoms. The number of nitrogens with zero attached hydrogens (tertiary/aromatic N) is 1. The molecule has 4 N–H and O–H groups in total. The first kappa shape index (κ1) is 10.9. The van der Waals surface area contributed by atoms with Crippen molar-refractivity contribution in [2.75, 3.05) is 5.73 Å². The van der Waals surface area contributed by atoms with Crippen molar-refractivity contribution in [1.29, 1.82) is 0 Å². The van der Waals surface area contributed by atoms with Gasteiger partial charge in [-0.25, -0.2) is 4.98 Å². The summed E-state index contributed by atoms with van der Waals surface area (Å²) in [5.41, 5.74) is 12.5. The third kappa shape index (κ3) is 2.30. The molecule has 1 aromatic heterocycles. The number of rotatable bonds is 4. The van der Waals surface area contributed by atoms with Crippen molar-refractivity contribution in [3.63, 3.8) is 0 Å². The molecule has 1 aromatic carbocycles. The zero-order valence-electron chi connectivity index (χ0n) is 8.77. The van der Waals surface area contributed by atoms with Gasteiger partial charge in [0, 0.05) is 6.42 Å². The molecular formula is C11H13N3OS. The van der Waals surface area contributed by atoms with Crippen LogP contribution in [0.2, 0.25) is 0 Å². The summed E-state index contributed by atoms with van der Waals surface area (Å²) in [5.74, 6) is -0.263. The average molecular weight is 235 g/mol. The number of aromatic nitrogens is 1. The lowest BCUT2D eigenvalue weighted by Gasteiger charge is -1.93. The van der Waals surface area contributed by atoms with Crippen LogP contribution in [0.1, 0.15) is 17.8 Å². The van der Waals surface area contributed by atoms with E-state index in [9.17, 15) is 4.79 Å². The first-order valence-electron chi connectivity index (χ1n) is 5.09. The van der Waals surface area contributed by atoms with E-state index in [1.807, 2.05) is 18.2 Å². The van der Waals surface area contributed by atoms with Crippen molar-refractivity contribution >= 4 is 33.1 Å². The zero-order chi connectivity index (χ0) is 11.5. The summed E-state index contributed by atoms with van der Waals surface area (Å²) in [6, 6.07) is 5.76. The summed E-state index contributed by atoms with van der Waals surface area (Å²) < 4.78 is 1.09. The Balaban J connectivity index is 2.14. The van der Waals surface area contributed by atoms with Gasteiger partial charge in [-0.2, -0.15) is 0 Å². The van der Waals surface area contributed by atoms with Crippen LogP contribution in [0.4, 0.5) is 5.69 Å². The Kier molecular flexibility index (Phi) is 3.05. The summed E-state index contributed by atoms with van der Waals surface area (Å²) in [5, 5.41) is 1.01. The number of hydrogen-bond acceptors (Lipinski definition) is 4. The van der Waals surface area contributed by atoms with E-state index < -0.39 is 0 Å². The van der Waals surface area contributed by atoms with Gasteiger partial charge in [0.1, 0.15) is 5.52 Å². The first-order valence-corrected chi connectivity index (χ1v) is 5.90. The smallest absolute Gasteiger partial charge is 0.217 e. The number of aryl methyl sites for hydroxylation is 1. The number of fused-ring (bicyclic) bond motifs is 1. The van der Waals surface area contributed by atoms with E-state index in [1.54, 1.807) is 11.3 Å². The van der Waals surface area contributed by atoms with E-state index in [2.05, 4.69) is 4.98 Å². The van der Waals surface area contributed by atoms with Gasteiger partial charge in [0.05, 0.1) is 15.4 Å². The number of carbonyl (C=O) groups excluding carboxylic acids is 1. The summed E-state index contributed by atoms with van der Waals surface area (Å²) >= 11 is 1.62. The summed E-state index contributed by atoms with van der Waals surface area (Å²) in [6.07, 6.45) is 1.93. The van der Waals surface area contributed by atoms with Crippen molar-refractivity contribution in [3.8, 4) is 0 Å². The number of para-hydroxylation sites is 1. The fraction of sp³-hybridized carbons (Fsp3) is 0.273. The first-order chi connectivity index (χ1) is 7.66. The second-order valence-electron chi connectivity index (χ2n) is 3.62. The molecule has 0 fully saturated rings. The highest BCUT2D eigenvalue weighted by Gasteiger charge is 2.06. The highest BCUT2D eigenvalue weighted by Crippen LogP contribution is 2.26. The van der Waals surface area contributed by atoms with Crippen LogP contribution in [0.15, 0.2) is 18.2 Å². The van der Waals surface area contributed by atoms with Gasteiger partial charge in [-0.15, -0.1) is 11.3 Å². The van der Waals surface area contributed by atoms with Crippen LogP contribution in [-0.2, 0) is 11.2 Å². The van der Waals surface area contributed by atoms with Crippen LogP contribution >= 0.6 is 11.3 Å². The van der Waals surface area contributed by atoms with Crippen molar-refractivity contribution in [2.24, 2.45) is 5.73 Å². The molecule has 0 spiro atoms. The maximum Gasteiger partial charge on any atom is 0.217 e. The van der Waals surface area contributed by atoms with Crippen LogP contribution in [-0.4, -0.2) is 10.9 Å². The van der Waals surface area contributed by atoms with E-state index in [1.165, 1.54) is 0 Å². The molecule has 0 saturated heterocycles. The second kappa shape index (κ2) is 4.49. The minimum atomic E-state index is -0.263. The van der Waals surface area contributed by atoms with Crippen LogP contribution in [0.25, 0.3) is 10.2 Å². The minimum Gasteiger partial charge on any atom is -0.397 e. The SMILES string of the molecule is NC(=O)CCCc1nc2c(N)cccc2s1. The van der Waals surface area contributed by atoms with Gasteiger partial charge in [0.2, 0.25) is 5.91 Å². The number of primary amides is 1. The number of anilines is 1. The monoisotopic (exact) mass is 235 g/mol. The van der Waals surface area contributed by atoms with Gasteiger partial charge >= 0.3 is 0 Å². The van der Waals surface area contributed by atoms with Crippen LogP contribution in [0.3, 0.4) is 0 Å². The standard InChI is InChI=1S/C11H13N3OS/c12-7-3-1-4-8-11(7)14-10(16-8)6-2-5-9(13)15/h1,3-4H,2,5-6,12H2,(H2,13,15). The van der Waals surface area contributed by atoms with Crippen LogP contribution in [0.5, 0.6) is 0 Å². The third-order valence-electron chi connectivity index (χ3n) is 2.31. The van der Waals surface area contributed by atoms with Gasteiger partial charge in [-0.1, -0.05) is 6.07 Å². The minimum absolute atomic E-state index is 0.263.